The summed E-state index contributed by atoms with van der Waals surface area (Å²) in [5, 5.41) is 5.61. The van der Waals surface area contributed by atoms with E-state index in [1.54, 1.807) is 30.3 Å². The number of rotatable bonds is 8. The number of benzene rings is 2. The Balaban J connectivity index is 2.05. The zero-order valence-electron chi connectivity index (χ0n) is 15.3. The maximum atomic E-state index is 12.5. The lowest BCUT2D eigenvalue weighted by Gasteiger charge is -2.12. The lowest BCUT2D eigenvalue weighted by molar-refractivity contribution is -0.131. The van der Waals surface area contributed by atoms with Crippen molar-refractivity contribution in [3.05, 3.63) is 59.7 Å². The van der Waals surface area contributed by atoms with Crippen LogP contribution in [-0.4, -0.2) is 31.5 Å². The first-order chi connectivity index (χ1) is 13.0. The van der Waals surface area contributed by atoms with E-state index in [2.05, 4.69) is 10.6 Å². The molecule has 0 unspecified atom stereocenters. The minimum absolute atomic E-state index is 0.132. The van der Waals surface area contributed by atoms with Crippen molar-refractivity contribution in [3.8, 4) is 5.75 Å². The zero-order valence-corrected chi connectivity index (χ0v) is 15.3. The summed E-state index contributed by atoms with van der Waals surface area (Å²) in [7, 11) is 1.54. The van der Waals surface area contributed by atoms with Crippen LogP contribution >= 0.6 is 0 Å². The molecule has 2 aromatic rings. The Bertz CT molecular complexity index is 820. The van der Waals surface area contributed by atoms with Crippen molar-refractivity contribution in [1.82, 2.24) is 5.32 Å². The molecular formula is C20H22N2O5. The van der Waals surface area contributed by atoms with Gasteiger partial charge in [0, 0.05) is 38.2 Å². The van der Waals surface area contributed by atoms with E-state index in [-0.39, 0.29) is 24.8 Å². The van der Waals surface area contributed by atoms with Crippen molar-refractivity contribution in [2.24, 2.45) is 0 Å². The van der Waals surface area contributed by atoms with E-state index >= 15 is 0 Å². The predicted molar refractivity (Wildman–Crippen MR) is 100 cm³/mol. The van der Waals surface area contributed by atoms with Gasteiger partial charge < -0.3 is 20.1 Å². The fourth-order valence-corrected chi connectivity index (χ4v) is 2.33. The molecule has 0 heterocycles. The summed E-state index contributed by atoms with van der Waals surface area (Å²) in [5.41, 5.74) is 1.72. The van der Waals surface area contributed by atoms with Crippen LogP contribution in [0.3, 0.4) is 0 Å². The van der Waals surface area contributed by atoms with Crippen molar-refractivity contribution in [1.29, 1.82) is 0 Å². The summed E-state index contributed by atoms with van der Waals surface area (Å²) >= 11 is 0. The number of amides is 2. The Kier molecular flexibility index (Phi) is 7.51. The first kappa shape index (κ1) is 20.1. The Morgan fingerprint density at radius 3 is 2.56 bits per heavy atom. The Labute approximate surface area is 157 Å². The van der Waals surface area contributed by atoms with Gasteiger partial charge >= 0.3 is 5.97 Å². The van der Waals surface area contributed by atoms with E-state index in [0.29, 0.717) is 23.6 Å². The van der Waals surface area contributed by atoms with Gasteiger partial charge in [-0.3, -0.25) is 14.4 Å². The number of anilines is 1. The van der Waals surface area contributed by atoms with E-state index < -0.39 is 5.97 Å². The second-order valence-corrected chi connectivity index (χ2v) is 5.75. The number of hydrogen-bond donors (Lipinski definition) is 2. The van der Waals surface area contributed by atoms with Crippen LogP contribution in [0.4, 0.5) is 5.69 Å². The molecule has 0 fully saturated rings. The molecule has 142 valence electrons. The molecule has 0 spiro atoms. The summed E-state index contributed by atoms with van der Waals surface area (Å²) in [5.74, 6) is -0.634. The Morgan fingerprint density at radius 2 is 1.81 bits per heavy atom. The largest absolute Gasteiger partial charge is 0.427 e. The number of esters is 1. The third-order valence-corrected chi connectivity index (χ3v) is 3.63. The molecule has 0 aromatic heterocycles. The van der Waals surface area contributed by atoms with Gasteiger partial charge in [0.05, 0.1) is 6.61 Å². The van der Waals surface area contributed by atoms with Crippen LogP contribution < -0.4 is 15.4 Å². The second kappa shape index (κ2) is 10.1. The maximum absolute atomic E-state index is 12.5. The fraction of sp³-hybridized carbons (Fsp3) is 0.250. The summed E-state index contributed by atoms with van der Waals surface area (Å²) in [6, 6.07) is 13.5. The first-order valence-corrected chi connectivity index (χ1v) is 8.43. The molecule has 0 aliphatic carbocycles. The average Bonchev–Trinajstić information content (AvgIpc) is 2.65. The van der Waals surface area contributed by atoms with Crippen molar-refractivity contribution < 1.29 is 23.9 Å². The molecule has 0 aliphatic heterocycles. The van der Waals surface area contributed by atoms with Crippen molar-refractivity contribution in [3.63, 3.8) is 0 Å². The van der Waals surface area contributed by atoms with Crippen LogP contribution in [0.5, 0.6) is 5.75 Å². The van der Waals surface area contributed by atoms with Gasteiger partial charge in [-0.05, 0) is 29.8 Å². The first-order valence-electron chi connectivity index (χ1n) is 8.43. The highest BCUT2D eigenvalue weighted by molar-refractivity contribution is 6.05. The highest BCUT2D eigenvalue weighted by Gasteiger charge is 2.11. The zero-order chi connectivity index (χ0) is 19.6. The van der Waals surface area contributed by atoms with E-state index in [4.69, 9.17) is 9.47 Å². The number of methoxy groups -OCH3 is 1. The van der Waals surface area contributed by atoms with E-state index in [1.807, 2.05) is 12.1 Å². The van der Waals surface area contributed by atoms with Gasteiger partial charge in [-0.1, -0.05) is 24.3 Å². The molecule has 7 nitrogen and oxygen atoms in total. The van der Waals surface area contributed by atoms with Crippen molar-refractivity contribution in [2.75, 3.05) is 19.0 Å². The summed E-state index contributed by atoms with van der Waals surface area (Å²) in [6.45, 7) is 1.93. The normalized spacial score (nSPS) is 10.1. The van der Waals surface area contributed by atoms with Gasteiger partial charge in [0.2, 0.25) is 5.91 Å². The number of ether oxygens (including phenoxy) is 2. The third-order valence-electron chi connectivity index (χ3n) is 3.63. The standard InChI is InChI=1S/C20H22N2O5/c1-14(23)27-17-8-5-7-15(12-17)20(25)22-18-9-4-3-6-16(18)13-21-19(24)10-11-26-2/h3-9,12H,10-11,13H2,1-2H3,(H,21,24)(H,22,25). The lowest BCUT2D eigenvalue weighted by atomic mass is 10.1. The van der Waals surface area contributed by atoms with Gasteiger partial charge in [0.25, 0.3) is 5.91 Å². The number of carbonyl (C=O) groups excluding carboxylic acids is 3. The fourth-order valence-electron chi connectivity index (χ4n) is 2.33. The molecule has 0 atom stereocenters. The number of hydrogen-bond acceptors (Lipinski definition) is 5. The lowest BCUT2D eigenvalue weighted by Crippen LogP contribution is -2.24. The van der Waals surface area contributed by atoms with Gasteiger partial charge in [-0.15, -0.1) is 0 Å². The molecular weight excluding hydrogens is 348 g/mol. The molecule has 2 rings (SSSR count). The SMILES string of the molecule is COCCC(=O)NCc1ccccc1NC(=O)c1cccc(OC(C)=O)c1. The minimum atomic E-state index is -0.456. The molecule has 27 heavy (non-hydrogen) atoms. The highest BCUT2D eigenvalue weighted by atomic mass is 16.5. The third kappa shape index (κ3) is 6.56. The smallest absolute Gasteiger partial charge is 0.308 e. The molecule has 0 radical (unpaired) electrons. The van der Waals surface area contributed by atoms with Crippen LogP contribution in [0, 0.1) is 0 Å². The molecule has 2 N–H and O–H groups in total. The Morgan fingerprint density at radius 1 is 1.04 bits per heavy atom. The van der Waals surface area contributed by atoms with E-state index in [9.17, 15) is 14.4 Å². The van der Waals surface area contributed by atoms with Crippen LogP contribution in [0.1, 0.15) is 29.3 Å². The maximum Gasteiger partial charge on any atom is 0.308 e. The average molecular weight is 370 g/mol. The minimum Gasteiger partial charge on any atom is -0.427 e. The summed E-state index contributed by atoms with van der Waals surface area (Å²) in [6.07, 6.45) is 0.272. The van der Waals surface area contributed by atoms with Crippen molar-refractivity contribution in [2.45, 2.75) is 19.9 Å². The van der Waals surface area contributed by atoms with Gasteiger partial charge in [-0.2, -0.15) is 0 Å². The molecule has 2 amide bonds. The monoisotopic (exact) mass is 370 g/mol. The number of para-hydroxylation sites is 1. The van der Waals surface area contributed by atoms with E-state index in [0.717, 1.165) is 5.56 Å². The molecule has 0 saturated carbocycles. The Hall–Kier alpha value is -3.19. The van der Waals surface area contributed by atoms with E-state index in [1.165, 1.54) is 20.1 Å². The van der Waals surface area contributed by atoms with Crippen LogP contribution in [0.15, 0.2) is 48.5 Å². The van der Waals surface area contributed by atoms with Gasteiger partial charge in [-0.25, -0.2) is 0 Å². The summed E-state index contributed by atoms with van der Waals surface area (Å²) in [4.78, 5) is 35.3. The second-order valence-electron chi connectivity index (χ2n) is 5.75. The number of nitrogens with one attached hydrogen (secondary N) is 2. The molecule has 0 saturated heterocycles. The van der Waals surface area contributed by atoms with Crippen LogP contribution in [-0.2, 0) is 20.9 Å². The molecule has 7 heteroatoms. The van der Waals surface area contributed by atoms with Crippen LogP contribution in [0.2, 0.25) is 0 Å². The quantitative estimate of drug-likeness (QED) is 0.550. The summed E-state index contributed by atoms with van der Waals surface area (Å²) < 4.78 is 9.87. The topological polar surface area (TPSA) is 93.7 Å². The van der Waals surface area contributed by atoms with Crippen molar-refractivity contribution >= 4 is 23.5 Å². The highest BCUT2D eigenvalue weighted by Crippen LogP contribution is 2.18. The van der Waals surface area contributed by atoms with Gasteiger partial charge in [0.1, 0.15) is 5.75 Å². The van der Waals surface area contributed by atoms with Gasteiger partial charge in [0.15, 0.2) is 0 Å². The number of carbonyl (C=O) groups is 3. The molecule has 0 aliphatic rings. The molecule has 2 aromatic carbocycles. The van der Waals surface area contributed by atoms with Crippen LogP contribution in [0.25, 0.3) is 0 Å². The predicted octanol–water partition coefficient (Wildman–Crippen LogP) is 2.52. The molecule has 0 bridgehead atoms.